The van der Waals surface area contributed by atoms with Crippen LogP contribution in [-0.4, -0.2) is 71.2 Å². The van der Waals surface area contributed by atoms with Crippen molar-refractivity contribution in [2.75, 3.05) is 26.9 Å². The standard InChI is InChI=1S/C23H32N4O5/c1-30-21-5-3-2-4-18(21)20-14-27(26-25-20)11-8-17-6-7-19(22(15-28)32-17)24-23(29)16-9-12-31-13-10-16/h2-5,14,16-17,19,22,28H,6-13,15H2,1H3,(H,24,29)/t17-,19-,22+/m0/s1. The Balaban J connectivity index is 1.28. The van der Waals surface area contributed by atoms with Gasteiger partial charge in [0.15, 0.2) is 0 Å². The monoisotopic (exact) mass is 444 g/mol. The number of aryl methyl sites for hydroxylation is 1. The number of nitrogens with zero attached hydrogens (tertiary/aromatic N) is 3. The molecule has 4 rings (SSSR count). The van der Waals surface area contributed by atoms with Crippen molar-refractivity contribution >= 4 is 5.91 Å². The number of amides is 1. The number of rotatable bonds is 8. The fourth-order valence-electron chi connectivity index (χ4n) is 4.43. The Morgan fingerprint density at radius 1 is 1.25 bits per heavy atom. The van der Waals surface area contributed by atoms with Crippen LogP contribution in [0.2, 0.25) is 0 Å². The number of ether oxygens (including phenoxy) is 3. The largest absolute Gasteiger partial charge is 0.496 e. The van der Waals surface area contributed by atoms with Crippen molar-refractivity contribution in [1.29, 1.82) is 0 Å². The highest BCUT2D eigenvalue weighted by atomic mass is 16.5. The number of methoxy groups -OCH3 is 1. The molecule has 3 heterocycles. The molecule has 2 N–H and O–H groups in total. The molecular weight excluding hydrogens is 412 g/mol. The number of carbonyl (C=O) groups excluding carboxylic acids is 1. The maximum Gasteiger partial charge on any atom is 0.223 e. The van der Waals surface area contributed by atoms with Crippen molar-refractivity contribution in [3.05, 3.63) is 30.5 Å². The zero-order chi connectivity index (χ0) is 22.3. The van der Waals surface area contributed by atoms with E-state index in [0.29, 0.717) is 19.8 Å². The molecule has 3 atom stereocenters. The fraction of sp³-hybridized carbons (Fsp3) is 0.609. The lowest BCUT2D eigenvalue weighted by molar-refractivity contribution is -0.134. The van der Waals surface area contributed by atoms with E-state index in [-0.39, 0.29) is 30.6 Å². The van der Waals surface area contributed by atoms with Gasteiger partial charge < -0.3 is 24.6 Å². The first-order valence-corrected chi connectivity index (χ1v) is 11.4. The van der Waals surface area contributed by atoms with E-state index >= 15 is 0 Å². The first kappa shape index (κ1) is 22.7. The topological polar surface area (TPSA) is 108 Å². The third-order valence-electron chi connectivity index (χ3n) is 6.32. The van der Waals surface area contributed by atoms with Crippen LogP contribution in [0.3, 0.4) is 0 Å². The molecule has 0 unspecified atom stereocenters. The summed E-state index contributed by atoms with van der Waals surface area (Å²) in [7, 11) is 1.64. The molecule has 0 spiro atoms. The predicted molar refractivity (Wildman–Crippen MR) is 117 cm³/mol. The van der Waals surface area contributed by atoms with Crippen LogP contribution in [0.1, 0.15) is 32.1 Å². The van der Waals surface area contributed by atoms with Crippen molar-refractivity contribution in [2.24, 2.45) is 5.92 Å². The Labute approximate surface area is 188 Å². The second-order valence-electron chi connectivity index (χ2n) is 8.41. The second-order valence-corrected chi connectivity index (χ2v) is 8.41. The van der Waals surface area contributed by atoms with E-state index in [1.54, 1.807) is 11.8 Å². The number of hydrogen-bond acceptors (Lipinski definition) is 7. The SMILES string of the molecule is COc1ccccc1-c1cn(CC[C@@H]2CC[C@H](NC(=O)C3CCOCC3)[C@@H](CO)O2)nn1. The van der Waals surface area contributed by atoms with Gasteiger partial charge in [0, 0.05) is 31.2 Å². The summed E-state index contributed by atoms with van der Waals surface area (Å²) in [5.74, 6) is 0.797. The molecule has 174 valence electrons. The van der Waals surface area contributed by atoms with Gasteiger partial charge >= 0.3 is 0 Å². The molecule has 9 nitrogen and oxygen atoms in total. The van der Waals surface area contributed by atoms with Crippen LogP contribution >= 0.6 is 0 Å². The minimum absolute atomic E-state index is 0.00212. The van der Waals surface area contributed by atoms with Crippen molar-refractivity contribution in [2.45, 2.75) is 56.9 Å². The van der Waals surface area contributed by atoms with E-state index in [2.05, 4.69) is 15.6 Å². The van der Waals surface area contributed by atoms with Gasteiger partial charge in [-0.05, 0) is 44.2 Å². The minimum Gasteiger partial charge on any atom is -0.496 e. The highest BCUT2D eigenvalue weighted by Crippen LogP contribution is 2.28. The number of para-hydroxylation sites is 1. The van der Waals surface area contributed by atoms with E-state index in [1.165, 1.54) is 0 Å². The molecule has 9 heteroatoms. The maximum atomic E-state index is 12.6. The van der Waals surface area contributed by atoms with Gasteiger partial charge in [-0.1, -0.05) is 17.3 Å². The van der Waals surface area contributed by atoms with Gasteiger partial charge in [0.2, 0.25) is 5.91 Å². The Morgan fingerprint density at radius 2 is 2.06 bits per heavy atom. The maximum absolute atomic E-state index is 12.6. The van der Waals surface area contributed by atoms with Gasteiger partial charge in [0.05, 0.1) is 32.1 Å². The smallest absolute Gasteiger partial charge is 0.223 e. The quantitative estimate of drug-likeness (QED) is 0.639. The third-order valence-corrected chi connectivity index (χ3v) is 6.32. The first-order valence-electron chi connectivity index (χ1n) is 11.4. The molecule has 0 radical (unpaired) electrons. The summed E-state index contributed by atoms with van der Waals surface area (Å²) in [5.41, 5.74) is 1.66. The summed E-state index contributed by atoms with van der Waals surface area (Å²) < 4.78 is 18.7. The molecule has 2 saturated heterocycles. The van der Waals surface area contributed by atoms with Gasteiger partial charge in [-0.2, -0.15) is 0 Å². The van der Waals surface area contributed by atoms with Crippen LogP contribution in [0.15, 0.2) is 30.5 Å². The van der Waals surface area contributed by atoms with Crippen LogP contribution in [0.5, 0.6) is 5.75 Å². The summed E-state index contributed by atoms with van der Waals surface area (Å²) in [5, 5.41) is 21.4. The Morgan fingerprint density at radius 3 is 2.84 bits per heavy atom. The molecule has 0 aliphatic carbocycles. The van der Waals surface area contributed by atoms with E-state index in [1.807, 2.05) is 30.5 Å². The average molecular weight is 445 g/mol. The highest BCUT2D eigenvalue weighted by Gasteiger charge is 2.33. The summed E-state index contributed by atoms with van der Waals surface area (Å²) in [6.45, 7) is 1.80. The summed E-state index contributed by atoms with van der Waals surface area (Å²) >= 11 is 0. The number of hydrogen-bond donors (Lipinski definition) is 2. The molecule has 1 aromatic heterocycles. The summed E-state index contributed by atoms with van der Waals surface area (Å²) in [6.07, 6.45) is 5.38. The predicted octanol–water partition coefficient (Wildman–Crippen LogP) is 1.80. The number of benzene rings is 1. The van der Waals surface area contributed by atoms with Crippen molar-refractivity contribution < 1.29 is 24.1 Å². The summed E-state index contributed by atoms with van der Waals surface area (Å²) in [6, 6.07) is 7.56. The molecule has 2 aliphatic heterocycles. The van der Waals surface area contributed by atoms with Gasteiger partial charge in [-0.25, -0.2) is 0 Å². The van der Waals surface area contributed by atoms with Crippen LogP contribution in [-0.2, 0) is 20.8 Å². The number of aliphatic hydroxyl groups excluding tert-OH is 1. The first-order chi connectivity index (χ1) is 15.7. The molecule has 2 aromatic rings. The molecule has 2 aliphatic rings. The van der Waals surface area contributed by atoms with Gasteiger partial charge in [0.25, 0.3) is 0 Å². The zero-order valence-electron chi connectivity index (χ0n) is 18.5. The van der Waals surface area contributed by atoms with E-state index < -0.39 is 6.10 Å². The van der Waals surface area contributed by atoms with Crippen molar-refractivity contribution in [1.82, 2.24) is 20.3 Å². The Hall–Kier alpha value is -2.49. The van der Waals surface area contributed by atoms with E-state index in [9.17, 15) is 9.90 Å². The van der Waals surface area contributed by atoms with Crippen LogP contribution in [0.25, 0.3) is 11.3 Å². The number of carbonyl (C=O) groups is 1. The molecular formula is C23H32N4O5. The normalized spacial score (nSPS) is 24.2. The van der Waals surface area contributed by atoms with Crippen molar-refractivity contribution in [3.63, 3.8) is 0 Å². The lowest BCUT2D eigenvalue weighted by atomic mass is 9.94. The Bertz CT molecular complexity index is 883. The second kappa shape index (κ2) is 10.9. The number of aromatic nitrogens is 3. The van der Waals surface area contributed by atoms with Crippen LogP contribution in [0.4, 0.5) is 0 Å². The zero-order valence-corrected chi connectivity index (χ0v) is 18.5. The average Bonchev–Trinajstić information content (AvgIpc) is 3.32. The van der Waals surface area contributed by atoms with E-state index in [0.717, 1.165) is 49.1 Å². The van der Waals surface area contributed by atoms with Gasteiger partial charge in [-0.15, -0.1) is 5.10 Å². The van der Waals surface area contributed by atoms with E-state index in [4.69, 9.17) is 14.2 Å². The molecule has 32 heavy (non-hydrogen) atoms. The lowest BCUT2D eigenvalue weighted by Gasteiger charge is -2.37. The van der Waals surface area contributed by atoms with Gasteiger partial charge in [-0.3, -0.25) is 9.48 Å². The lowest BCUT2D eigenvalue weighted by Crippen LogP contribution is -2.52. The van der Waals surface area contributed by atoms with Gasteiger partial charge in [0.1, 0.15) is 17.5 Å². The van der Waals surface area contributed by atoms with Crippen LogP contribution < -0.4 is 10.1 Å². The molecule has 0 bridgehead atoms. The van der Waals surface area contributed by atoms with Crippen molar-refractivity contribution in [3.8, 4) is 17.0 Å². The van der Waals surface area contributed by atoms with Crippen LogP contribution in [0, 0.1) is 5.92 Å². The third kappa shape index (κ3) is 5.46. The molecule has 0 saturated carbocycles. The molecule has 2 fully saturated rings. The summed E-state index contributed by atoms with van der Waals surface area (Å²) in [4.78, 5) is 12.6. The highest BCUT2D eigenvalue weighted by molar-refractivity contribution is 5.79. The molecule has 1 aromatic carbocycles. The number of aliphatic hydroxyl groups is 1. The minimum atomic E-state index is -0.391. The Kier molecular flexibility index (Phi) is 7.72. The molecule has 1 amide bonds. The number of nitrogens with one attached hydrogen (secondary N) is 1. The fourth-order valence-corrected chi connectivity index (χ4v) is 4.43.